The molecule has 0 unspecified atom stereocenters. The summed E-state index contributed by atoms with van der Waals surface area (Å²) in [4.78, 5) is 3.97. The standard InChI is InChI=1S/C14H10F3N3/c1-9-4-12(8-19-7-9)20-11-2-3-13(14(15,16)17)10(5-11)6-18/h2-5,7-8,20H,1H3. The van der Waals surface area contributed by atoms with Gasteiger partial charge in [-0.3, -0.25) is 4.98 Å². The fourth-order valence-corrected chi connectivity index (χ4v) is 1.75. The predicted molar refractivity (Wildman–Crippen MR) is 68.4 cm³/mol. The number of hydrogen-bond acceptors (Lipinski definition) is 3. The number of halogens is 3. The Morgan fingerprint density at radius 2 is 1.90 bits per heavy atom. The first-order valence-corrected chi connectivity index (χ1v) is 5.70. The van der Waals surface area contributed by atoms with Gasteiger partial charge in [-0.25, -0.2) is 0 Å². The number of benzene rings is 1. The van der Waals surface area contributed by atoms with Gasteiger partial charge in [-0.2, -0.15) is 18.4 Å². The third-order valence-corrected chi connectivity index (χ3v) is 2.61. The van der Waals surface area contributed by atoms with Gasteiger partial charge in [0.1, 0.15) is 0 Å². The van der Waals surface area contributed by atoms with E-state index >= 15 is 0 Å². The highest BCUT2D eigenvalue weighted by molar-refractivity contribution is 5.62. The Balaban J connectivity index is 2.34. The number of nitrogens with one attached hydrogen (secondary N) is 1. The van der Waals surface area contributed by atoms with Gasteiger partial charge in [-0.05, 0) is 36.8 Å². The number of rotatable bonds is 2. The van der Waals surface area contributed by atoms with E-state index in [-0.39, 0.29) is 0 Å². The molecule has 0 amide bonds. The zero-order valence-corrected chi connectivity index (χ0v) is 10.5. The predicted octanol–water partition coefficient (Wildman–Crippen LogP) is 4.02. The minimum Gasteiger partial charge on any atom is -0.354 e. The molecule has 6 heteroatoms. The molecule has 1 aromatic heterocycles. The maximum Gasteiger partial charge on any atom is 0.417 e. The van der Waals surface area contributed by atoms with Gasteiger partial charge in [0.2, 0.25) is 0 Å². The molecule has 0 saturated heterocycles. The third kappa shape index (κ3) is 3.06. The van der Waals surface area contributed by atoms with Gasteiger partial charge in [-0.1, -0.05) is 0 Å². The van der Waals surface area contributed by atoms with Gasteiger partial charge >= 0.3 is 6.18 Å². The van der Waals surface area contributed by atoms with E-state index in [9.17, 15) is 13.2 Å². The first kappa shape index (κ1) is 13.9. The SMILES string of the molecule is Cc1cncc(Nc2ccc(C(F)(F)F)c(C#N)c2)c1. The number of hydrogen-bond donors (Lipinski definition) is 1. The fourth-order valence-electron chi connectivity index (χ4n) is 1.75. The van der Waals surface area contributed by atoms with Crippen LogP contribution in [-0.4, -0.2) is 4.98 Å². The summed E-state index contributed by atoms with van der Waals surface area (Å²) in [5.41, 5.74) is 0.619. The Bertz CT molecular complexity index is 672. The second-order valence-corrected chi connectivity index (χ2v) is 4.25. The molecule has 102 valence electrons. The number of pyridine rings is 1. The summed E-state index contributed by atoms with van der Waals surface area (Å²) in [6.07, 6.45) is -1.32. The molecule has 1 heterocycles. The molecule has 2 aromatic rings. The van der Waals surface area contributed by atoms with Crippen molar-refractivity contribution in [2.24, 2.45) is 0 Å². The van der Waals surface area contributed by atoms with Gasteiger partial charge in [0.15, 0.2) is 0 Å². The summed E-state index contributed by atoms with van der Waals surface area (Å²) in [5.74, 6) is 0. The second-order valence-electron chi connectivity index (χ2n) is 4.25. The monoisotopic (exact) mass is 277 g/mol. The van der Waals surface area contributed by atoms with Crippen LogP contribution in [0.5, 0.6) is 0 Å². The molecule has 0 spiro atoms. The Hall–Kier alpha value is -2.55. The lowest BCUT2D eigenvalue weighted by molar-refractivity contribution is -0.137. The lowest BCUT2D eigenvalue weighted by Gasteiger charge is -2.11. The summed E-state index contributed by atoms with van der Waals surface area (Å²) in [6.45, 7) is 1.85. The molecule has 0 atom stereocenters. The van der Waals surface area contributed by atoms with E-state index in [2.05, 4.69) is 10.3 Å². The van der Waals surface area contributed by atoms with Crippen molar-refractivity contribution in [1.29, 1.82) is 5.26 Å². The van der Waals surface area contributed by atoms with E-state index < -0.39 is 17.3 Å². The molecular weight excluding hydrogens is 267 g/mol. The van der Waals surface area contributed by atoms with E-state index in [0.717, 1.165) is 11.6 Å². The number of aryl methyl sites for hydroxylation is 1. The molecule has 0 saturated carbocycles. The summed E-state index contributed by atoms with van der Waals surface area (Å²) < 4.78 is 38.0. The van der Waals surface area contributed by atoms with Crippen LogP contribution in [0.15, 0.2) is 36.7 Å². The maximum atomic E-state index is 12.7. The summed E-state index contributed by atoms with van der Waals surface area (Å²) in [7, 11) is 0. The van der Waals surface area contributed by atoms with Crippen molar-refractivity contribution in [3.63, 3.8) is 0 Å². The van der Waals surface area contributed by atoms with E-state index in [0.29, 0.717) is 11.4 Å². The summed E-state index contributed by atoms with van der Waals surface area (Å²) >= 11 is 0. The number of nitrogens with zero attached hydrogens (tertiary/aromatic N) is 2. The topological polar surface area (TPSA) is 48.7 Å². The second kappa shape index (κ2) is 5.21. The molecule has 0 fully saturated rings. The molecule has 0 aliphatic heterocycles. The molecule has 1 N–H and O–H groups in total. The summed E-state index contributed by atoms with van der Waals surface area (Å²) in [6, 6.07) is 6.71. The van der Waals surface area contributed by atoms with Crippen molar-refractivity contribution in [2.75, 3.05) is 5.32 Å². The molecule has 1 aromatic carbocycles. The van der Waals surface area contributed by atoms with Crippen molar-refractivity contribution in [2.45, 2.75) is 13.1 Å². The maximum absolute atomic E-state index is 12.7. The van der Waals surface area contributed by atoms with E-state index in [1.54, 1.807) is 24.5 Å². The van der Waals surface area contributed by atoms with Crippen LogP contribution in [0.1, 0.15) is 16.7 Å². The van der Waals surface area contributed by atoms with Crippen LogP contribution in [0.4, 0.5) is 24.5 Å². The highest BCUT2D eigenvalue weighted by Crippen LogP contribution is 2.33. The van der Waals surface area contributed by atoms with E-state index in [1.165, 1.54) is 12.1 Å². The van der Waals surface area contributed by atoms with Crippen molar-refractivity contribution >= 4 is 11.4 Å². The first-order chi connectivity index (χ1) is 9.40. The highest BCUT2D eigenvalue weighted by Gasteiger charge is 2.33. The van der Waals surface area contributed by atoms with E-state index in [4.69, 9.17) is 5.26 Å². The average molecular weight is 277 g/mol. The van der Waals surface area contributed by atoms with Crippen LogP contribution in [0.3, 0.4) is 0 Å². The van der Waals surface area contributed by atoms with Gasteiger partial charge in [0, 0.05) is 11.9 Å². The molecule has 0 aliphatic rings. The number of anilines is 2. The van der Waals surface area contributed by atoms with Crippen LogP contribution in [-0.2, 0) is 6.18 Å². The van der Waals surface area contributed by atoms with Crippen molar-refractivity contribution in [1.82, 2.24) is 4.98 Å². The Kier molecular flexibility index (Phi) is 3.61. The highest BCUT2D eigenvalue weighted by atomic mass is 19.4. The Labute approximate surface area is 113 Å². The molecule has 0 radical (unpaired) electrons. The van der Waals surface area contributed by atoms with Crippen LogP contribution < -0.4 is 5.32 Å². The van der Waals surface area contributed by atoms with Crippen molar-refractivity contribution < 1.29 is 13.2 Å². The molecule has 3 nitrogen and oxygen atoms in total. The minimum atomic E-state index is -4.53. The Morgan fingerprint density at radius 1 is 1.15 bits per heavy atom. The van der Waals surface area contributed by atoms with Crippen LogP contribution >= 0.6 is 0 Å². The number of nitriles is 1. The van der Waals surface area contributed by atoms with E-state index in [1.807, 2.05) is 6.92 Å². The largest absolute Gasteiger partial charge is 0.417 e. The average Bonchev–Trinajstić information content (AvgIpc) is 2.37. The zero-order chi connectivity index (χ0) is 14.8. The van der Waals surface area contributed by atoms with Crippen LogP contribution in [0.2, 0.25) is 0 Å². The quantitative estimate of drug-likeness (QED) is 0.901. The third-order valence-electron chi connectivity index (χ3n) is 2.61. The minimum absolute atomic E-state index is 0.405. The normalized spacial score (nSPS) is 10.9. The lowest BCUT2D eigenvalue weighted by atomic mass is 10.1. The molecule has 20 heavy (non-hydrogen) atoms. The zero-order valence-electron chi connectivity index (χ0n) is 10.5. The van der Waals surface area contributed by atoms with Gasteiger partial charge < -0.3 is 5.32 Å². The summed E-state index contributed by atoms with van der Waals surface area (Å²) in [5, 5.41) is 11.7. The first-order valence-electron chi connectivity index (χ1n) is 5.70. The van der Waals surface area contributed by atoms with Crippen LogP contribution in [0, 0.1) is 18.3 Å². The van der Waals surface area contributed by atoms with Gasteiger partial charge in [-0.15, -0.1) is 0 Å². The molecule has 2 rings (SSSR count). The molecule has 0 bridgehead atoms. The van der Waals surface area contributed by atoms with Gasteiger partial charge in [0.05, 0.1) is 29.1 Å². The smallest absolute Gasteiger partial charge is 0.354 e. The number of alkyl halides is 3. The Morgan fingerprint density at radius 3 is 2.50 bits per heavy atom. The fraction of sp³-hybridized carbons (Fsp3) is 0.143. The molecular formula is C14H10F3N3. The van der Waals surface area contributed by atoms with Crippen molar-refractivity contribution in [3.8, 4) is 6.07 Å². The van der Waals surface area contributed by atoms with Crippen LogP contribution in [0.25, 0.3) is 0 Å². The lowest BCUT2D eigenvalue weighted by Crippen LogP contribution is -2.08. The number of aromatic nitrogens is 1. The van der Waals surface area contributed by atoms with Gasteiger partial charge in [0.25, 0.3) is 0 Å². The van der Waals surface area contributed by atoms with Crippen molar-refractivity contribution in [3.05, 3.63) is 53.3 Å². The molecule has 0 aliphatic carbocycles.